The first kappa shape index (κ1) is 34.5. The first-order valence-corrected chi connectivity index (χ1v) is 18.1. The molecular formula is C41H43BF2N2O5. The number of carbonyl (C=O) groups excluding carboxylic acids is 2. The summed E-state index contributed by atoms with van der Waals surface area (Å²) in [4.78, 5) is 25.2. The van der Waals surface area contributed by atoms with Crippen LogP contribution in [0.15, 0.2) is 71.5 Å². The van der Waals surface area contributed by atoms with Crippen LogP contribution < -0.4 is 0 Å². The molecule has 0 bridgehead atoms. The summed E-state index contributed by atoms with van der Waals surface area (Å²) in [5, 5.41) is 10.7. The monoisotopic (exact) mass is 692 g/mol. The lowest BCUT2D eigenvalue weighted by molar-refractivity contribution is -0.362. The van der Waals surface area contributed by atoms with E-state index < -0.39 is 18.9 Å². The molecule has 2 aromatic carbocycles. The fourth-order valence-electron chi connectivity index (χ4n) is 8.64. The molecule has 2 aliphatic heterocycles. The molecule has 7 nitrogen and oxygen atoms in total. The van der Waals surface area contributed by atoms with Gasteiger partial charge >= 0.3 is 18.9 Å². The molecule has 0 unspecified atom stereocenters. The molecule has 3 heterocycles. The van der Waals surface area contributed by atoms with Crippen molar-refractivity contribution in [3.63, 3.8) is 0 Å². The lowest BCUT2D eigenvalue weighted by Crippen LogP contribution is -2.52. The number of hydrogen-bond acceptors (Lipinski definition) is 5. The zero-order valence-electron chi connectivity index (χ0n) is 29.7. The number of ether oxygens (including phenoxy) is 2. The molecule has 264 valence electrons. The minimum absolute atomic E-state index is 0.165. The molecule has 0 fully saturated rings. The van der Waals surface area contributed by atoms with Crippen molar-refractivity contribution >= 4 is 36.3 Å². The fourth-order valence-corrected chi connectivity index (χ4v) is 8.64. The maximum atomic E-state index is 17.9. The molecule has 7 rings (SSSR count). The number of aromatic hydroxyl groups is 1. The summed E-state index contributed by atoms with van der Waals surface area (Å²) in [6.45, 7) is 3.25. The van der Waals surface area contributed by atoms with Gasteiger partial charge in [-0.15, -0.1) is 0 Å². The van der Waals surface area contributed by atoms with Crippen molar-refractivity contribution in [3.8, 4) is 16.9 Å². The van der Waals surface area contributed by atoms with Crippen molar-refractivity contribution in [2.24, 2.45) is 0 Å². The standard InChI is InChI=1S/C41H43BF2N2O5/c1-5-50-36(48)21-19-33-29-14-7-9-16-31(29)40-39(38-25(3)23-27(24-26(38)4)28-13-11-12-18-35(28)47)41-32-17-10-8-15-30(32)34(20-22-37(49)51-6-2)46(41)42(43,44)45(33)40/h11-13,18-24,47H,5-10,14-17H2,1-4H3/b21-19+,22-20+. The Morgan fingerprint density at radius 3 is 2.10 bits per heavy atom. The van der Waals surface area contributed by atoms with Gasteiger partial charge in [0.05, 0.1) is 18.8 Å². The number of hydrogen-bond donors (Lipinski definition) is 1. The van der Waals surface area contributed by atoms with Crippen molar-refractivity contribution in [2.75, 3.05) is 13.2 Å². The van der Waals surface area contributed by atoms with E-state index in [-0.39, 0.29) is 19.0 Å². The quantitative estimate of drug-likeness (QED) is 0.146. The van der Waals surface area contributed by atoms with Crippen molar-refractivity contribution in [1.29, 1.82) is 0 Å². The number of phenolic OH excluding ortho intramolecular Hbond substituents is 1. The number of fused-ring (bicyclic) bond motifs is 5. The van der Waals surface area contributed by atoms with Gasteiger partial charge in [0.2, 0.25) is 0 Å². The Labute approximate surface area is 297 Å². The first-order valence-electron chi connectivity index (χ1n) is 18.1. The molecule has 0 amide bonds. The maximum Gasteiger partial charge on any atom is 0.737 e. The summed E-state index contributed by atoms with van der Waals surface area (Å²) in [5.74, 6) is -1.01. The number of rotatable bonds is 8. The van der Waals surface area contributed by atoms with E-state index in [1.165, 1.54) is 33.3 Å². The van der Waals surface area contributed by atoms with Crippen molar-refractivity contribution < 1.29 is 37.3 Å². The van der Waals surface area contributed by atoms with E-state index in [9.17, 15) is 14.7 Å². The summed E-state index contributed by atoms with van der Waals surface area (Å²) in [6.07, 6.45) is 11.5. The number of allylic oxidation sites excluding steroid dienone is 3. The molecule has 1 N–H and O–H groups in total. The Kier molecular flexibility index (Phi) is 9.20. The molecule has 3 aromatic rings. The lowest BCUT2D eigenvalue weighted by Gasteiger charge is -2.35. The van der Waals surface area contributed by atoms with Gasteiger partial charge in [0.25, 0.3) is 0 Å². The van der Waals surface area contributed by atoms with Crippen LogP contribution in [0.4, 0.5) is 8.63 Å². The number of para-hydroxylation sites is 1. The summed E-state index contributed by atoms with van der Waals surface area (Å²) >= 11 is 0. The van der Waals surface area contributed by atoms with Crippen molar-refractivity contribution in [3.05, 3.63) is 111 Å². The molecule has 0 saturated carbocycles. The Morgan fingerprint density at radius 2 is 1.45 bits per heavy atom. The van der Waals surface area contributed by atoms with E-state index in [0.29, 0.717) is 54.0 Å². The van der Waals surface area contributed by atoms with Crippen LogP contribution in [0.2, 0.25) is 0 Å². The number of carbonyl (C=O) groups is 2. The molecule has 2 aliphatic carbocycles. The van der Waals surface area contributed by atoms with Crippen LogP contribution >= 0.6 is 0 Å². The number of nitrogens with zero attached hydrogens (tertiary/aromatic N) is 2. The van der Waals surface area contributed by atoms with Crippen LogP contribution in [0, 0.1) is 13.8 Å². The fraction of sp³-hybridized carbons (Fsp3) is 0.341. The third-order valence-corrected chi connectivity index (χ3v) is 10.5. The number of halogens is 2. The molecule has 0 spiro atoms. The normalized spacial score (nSPS) is 17.9. The summed E-state index contributed by atoms with van der Waals surface area (Å²) < 4.78 is 48.5. The number of esters is 2. The smallest absolute Gasteiger partial charge is 0.507 e. The Bertz CT molecular complexity index is 2110. The van der Waals surface area contributed by atoms with E-state index in [0.717, 1.165) is 75.8 Å². The Balaban J connectivity index is 1.59. The number of benzene rings is 2. The lowest BCUT2D eigenvalue weighted by atomic mass is 9.78. The third kappa shape index (κ3) is 5.78. The highest BCUT2D eigenvalue weighted by Crippen LogP contribution is 2.52. The SMILES string of the molecule is CCOC(=O)/C=C/C1=[N+]2C(=C(c3c(C)cc(-c4ccccc4O)cc3C)c3c4c(c(/C=C/C(=O)OCC)n3[B-]2(F)F)CCCC4)C2=C1CCCC2. The maximum absolute atomic E-state index is 17.9. The average Bonchev–Trinajstić information content (AvgIpc) is 3.62. The second kappa shape index (κ2) is 13.6. The van der Waals surface area contributed by atoms with Crippen LogP contribution in [-0.4, -0.2) is 51.9 Å². The molecule has 10 heteroatoms. The van der Waals surface area contributed by atoms with Gasteiger partial charge in [-0.2, -0.15) is 0 Å². The highest BCUT2D eigenvalue weighted by atomic mass is 19.2. The number of aryl methyl sites for hydroxylation is 2. The van der Waals surface area contributed by atoms with Gasteiger partial charge in [-0.1, -0.05) is 30.3 Å². The van der Waals surface area contributed by atoms with E-state index in [4.69, 9.17) is 9.47 Å². The summed E-state index contributed by atoms with van der Waals surface area (Å²) in [5.41, 5.74) is 10.00. The largest absolute Gasteiger partial charge is 0.737 e. The average molecular weight is 693 g/mol. The Hall–Kier alpha value is -4.99. The van der Waals surface area contributed by atoms with E-state index in [1.54, 1.807) is 26.0 Å². The van der Waals surface area contributed by atoms with Gasteiger partial charge < -0.3 is 32.2 Å². The van der Waals surface area contributed by atoms with Gasteiger partial charge in [0.1, 0.15) is 5.75 Å². The van der Waals surface area contributed by atoms with Crippen LogP contribution in [0.3, 0.4) is 0 Å². The van der Waals surface area contributed by atoms with Crippen LogP contribution in [-0.2, 0) is 31.9 Å². The van der Waals surface area contributed by atoms with Gasteiger partial charge in [-0.25, -0.2) is 9.59 Å². The molecule has 4 aliphatic rings. The topological polar surface area (TPSA) is 80.8 Å². The zero-order valence-corrected chi connectivity index (χ0v) is 29.7. The molecule has 0 atom stereocenters. The minimum atomic E-state index is -4.51. The molecule has 0 radical (unpaired) electrons. The van der Waals surface area contributed by atoms with Crippen LogP contribution in [0.1, 0.15) is 91.6 Å². The van der Waals surface area contributed by atoms with Crippen molar-refractivity contribution in [2.45, 2.75) is 79.1 Å². The predicted octanol–water partition coefficient (Wildman–Crippen LogP) is 8.39. The Morgan fingerprint density at radius 1 is 0.863 bits per heavy atom. The molecule has 51 heavy (non-hydrogen) atoms. The highest BCUT2D eigenvalue weighted by molar-refractivity contribution is 6.59. The van der Waals surface area contributed by atoms with Gasteiger partial charge in [-0.05, 0) is 125 Å². The van der Waals surface area contributed by atoms with E-state index >= 15 is 8.63 Å². The van der Waals surface area contributed by atoms with E-state index in [1.807, 2.05) is 38.1 Å². The second-order valence-corrected chi connectivity index (χ2v) is 13.7. The summed E-state index contributed by atoms with van der Waals surface area (Å²) in [7, 11) is 0. The molecular weight excluding hydrogens is 649 g/mol. The first-order chi connectivity index (χ1) is 24.6. The van der Waals surface area contributed by atoms with E-state index in [2.05, 4.69) is 0 Å². The number of phenols is 1. The minimum Gasteiger partial charge on any atom is -0.507 e. The predicted molar refractivity (Wildman–Crippen MR) is 196 cm³/mol. The second-order valence-electron chi connectivity index (χ2n) is 13.7. The number of aromatic nitrogens is 1. The van der Waals surface area contributed by atoms with Crippen molar-refractivity contribution in [1.82, 2.24) is 4.48 Å². The van der Waals surface area contributed by atoms with Gasteiger partial charge in [0, 0.05) is 46.3 Å². The zero-order chi connectivity index (χ0) is 36.0. The van der Waals surface area contributed by atoms with Gasteiger partial charge in [-0.3, -0.25) is 0 Å². The highest BCUT2D eigenvalue weighted by Gasteiger charge is 2.58. The molecule has 1 aromatic heterocycles. The van der Waals surface area contributed by atoms with Gasteiger partial charge in [0.15, 0.2) is 11.4 Å². The molecule has 0 saturated heterocycles. The summed E-state index contributed by atoms with van der Waals surface area (Å²) in [6, 6.07) is 11.2. The van der Waals surface area contributed by atoms with Crippen LogP contribution in [0.5, 0.6) is 5.75 Å². The third-order valence-electron chi connectivity index (χ3n) is 10.5. The van der Waals surface area contributed by atoms with Crippen LogP contribution in [0.25, 0.3) is 22.8 Å².